The highest BCUT2D eigenvalue weighted by Crippen LogP contribution is 2.51. The summed E-state index contributed by atoms with van der Waals surface area (Å²) in [5, 5.41) is 28.0. The highest BCUT2D eigenvalue weighted by atomic mass is 79.9. The van der Waals surface area contributed by atoms with Crippen molar-refractivity contribution in [2.24, 2.45) is 0 Å². The predicted octanol–water partition coefficient (Wildman–Crippen LogP) is 11.1. The molecule has 2 saturated heterocycles. The quantitative estimate of drug-likeness (QED) is 0.0756. The number of aliphatic hydroxyl groups is 1. The van der Waals surface area contributed by atoms with Gasteiger partial charge in [-0.3, -0.25) is 4.90 Å². The molecular weight excluding hydrogens is 1390 g/mol. The van der Waals surface area contributed by atoms with Crippen LogP contribution in [0.25, 0.3) is 0 Å². The van der Waals surface area contributed by atoms with Crippen molar-refractivity contribution in [3.05, 3.63) is 86.7 Å². The van der Waals surface area contributed by atoms with E-state index in [-0.39, 0.29) is 52.7 Å². The zero-order valence-electron chi connectivity index (χ0n) is 50.3. The molecule has 5 heterocycles. The Bertz CT molecular complexity index is 3210. The number of rotatable bonds is 10. The van der Waals surface area contributed by atoms with Crippen LogP contribution in [0.5, 0.6) is 46.0 Å². The predicted molar refractivity (Wildman–Crippen MR) is 324 cm³/mol. The van der Waals surface area contributed by atoms with Gasteiger partial charge in [0.2, 0.25) is 0 Å². The van der Waals surface area contributed by atoms with Gasteiger partial charge in [-0.2, -0.15) is 0 Å². The average molecular weight is 1460 g/mol. The van der Waals surface area contributed by atoms with Gasteiger partial charge in [-0.1, -0.05) is 0 Å². The molecule has 27 heteroatoms. The Kier molecular flexibility index (Phi) is 23.0. The molecule has 1 amide bonds. The number of methoxy groups -OCH3 is 4. The Balaban J connectivity index is 0.000000190. The number of benzene rings is 4. The van der Waals surface area contributed by atoms with Crippen molar-refractivity contribution in [2.45, 2.75) is 118 Å². The summed E-state index contributed by atoms with van der Waals surface area (Å²) < 4.78 is 73.2. The van der Waals surface area contributed by atoms with Gasteiger partial charge in [0.1, 0.15) is 18.8 Å². The fourth-order valence-electron chi connectivity index (χ4n) is 9.22. The van der Waals surface area contributed by atoms with Gasteiger partial charge in [-0.15, -0.1) is 0 Å². The number of phenols is 2. The monoisotopic (exact) mass is 1460 g/mol. The second-order valence-corrected chi connectivity index (χ2v) is 25.2. The number of carbonyl (C=O) groups is 5. The van der Waals surface area contributed by atoms with E-state index in [1.54, 1.807) is 50.8 Å². The Hall–Kier alpha value is -5.81. The minimum Gasteiger partial charge on any atom is -0.504 e. The molecule has 472 valence electrons. The summed E-state index contributed by atoms with van der Waals surface area (Å²) in [4.78, 5) is 63.0. The number of ether oxygens (including phenoxy) is 13. The number of amides is 1. The highest BCUT2D eigenvalue weighted by molar-refractivity contribution is 9.11. The van der Waals surface area contributed by atoms with Gasteiger partial charge in [-0.05, 0) is 156 Å². The number of aromatic hydroxyl groups is 2. The zero-order valence-corrected chi connectivity index (χ0v) is 56.6. The molecule has 4 unspecified atom stereocenters. The van der Waals surface area contributed by atoms with Crippen LogP contribution < -0.4 is 28.4 Å². The summed E-state index contributed by atoms with van der Waals surface area (Å²) in [6, 6.07) is 6.39. The molecule has 9 rings (SSSR count). The SMILES string of the molecule is COC(=O)c1cc(Br)c(O)c(O)c1C.COC(=O)c1cc(Br)c2c(c1C)OC(C)(CN1CCN(C(=O)OC(C)(C)C)CC1)O2.COC(=O)c1cc(Br)c2c(c1C)OC(C)(CO)O2.COC(=O)c1cc(Br)c2c(c1C)OC(C)(COC1CCCCO1)O2. The van der Waals surface area contributed by atoms with Gasteiger partial charge < -0.3 is 81.8 Å². The highest BCUT2D eigenvalue weighted by Gasteiger charge is 2.44. The van der Waals surface area contributed by atoms with Crippen LogP contribution in [-0.4, -0.2) is 165 Å². The van der Waals surface area contributed by atoms with Crippen molar-refractivity contribution < 1.29 is 101 Å². The van der Waals surface area contributed by atoms with Crippen LogP contribution in [0.2, 0.25) is 0 Å². The summed E-state index contributed by atoms with van der Waals surface area (Å²) in [5.41, 5.74) is 3.25. The van der Waals surface area contributed by atoms with Crippen molar-refractivity contribution in [1.82, 2.24) is 9.80 Å². The van der Waals surface area contributed by atoms with E-state index >= 15 is 0 Å². The molecule has 0 bridgehead atoms. The first kappa shape index (κ1) is 69.3. The number of esters is 4. The first-order valence-corrected chi connectivity index (χ1v) is 30.2. The third-order valence-electron chi connectivity index (χ3n) is 13.8. The molecule has 4 aromatic carbocycles. The number of hydrogen-bond donors (Lipinski definition) is 3. The van der Waals surface area contributed by atoms with E-state index in [0.29, 0.717) is 114 Å². The van der Waals surface area contributed by atoms with Crippen LogP contribution >= 0.6 is 63.7 Å². The number of carbonyl (C=O) groups excluding carboxylic acids is 5. The lowest BCUT2D eigenvalue weighted by molar-refractivity contribution is -0.211. The third kappa shape index (κ3) is 16.3. The first-order valence-electron chi connectivity index (χ1n) is 27.0. The smallest absolute Gasteiger partial charge is 0.410 e. The van der Waals surface area contributed by atoms with Crippen LogP contribution in [0, 0.1) is 27.7 Å². The third-order valence-corrected chi connectivity index (χ3v) is 16.2. The standard InChI is InChI=1S/C21H29BrN2O6.C17H21BrO6.C12H13BrO5.C9H9BrO4/c1-13-14(18(25)27-6)11-15(22)17-16(13)28-21(5,29-17)12-23-7-9-24(10-8-23)19(26)30-20(2,3)4;1-10-11(16(19)20-3)8-12(18)15-14(10)23-17(2,24-15)9-22-13-6-4-5-7-21-13;1-6-7(11(15)16-3)4-8(13)10-9(6)17-12(2,5-14)18-10;1-4-5(9(13)14-2)3-6(10)8(12)7(4)11/h11H,7-10,12H2,1-6H3;8,13H,4-7,9H2,1-3H3;4,14H,5H2,1-3H3;3,11-12H,1-2H3. The second kappa shape index (κ2) is 28.6. The van der Waals surface area contributed by atoms with Gasteiger partial charge in [0.05, 0.1) is 75.1 Å². The normalized spacial score (nSPS) is 20.6. The lowest BCUT2D eigenvalue weighted by atomic mass is 10.1. The minimum atomic E-state index is -1.12. The van der Waals surface area contributed by atoms with Gasteiger partial charge in [0.15, 0.2) is 52.3 Å². The average Bonchev–Trinajstić information content (AvgIpc) is 1.75. The molecule has 3 N–H and O–H groups in total. The molecule has 4 aromatic rings. The molecule has 23 nitrogen and oxygen atoms in total. The van der Waals surface area contributed by atoms with E-state index in [0.717, 1.165) is 25.9 Å². The summed E-state index contributed by atoms with van der Waals surface area (Å²) in [6.45, 7) is 21.5. The fourth-order valence-corrected chi connectivity index (χ4v) is 11.1. The topological polar surface area (TPSA) is 273 Å². The number of hydrogen-bond acceptors (Lipinski definition) is 22. The Morgan fingerprint density at radius 2 is 0.942 bits per heavy atom. The van der Waals surface area contributed by atoms with Crippen LogP contribution in [0.4, 0.5) is 4.79 Å². The lowest BCUT2D eigenvalue weighted by Gasteiger charge is -2.38. The van der Waals surface area contributed by atoms with Crippen LogP contribution in [0.3, 0.4) is 0 Å². The number of fused-ring (bicyclic) bond motifs is 3. The van der Waals surface area contributed by atoms with Gasteiger partial charge >= 0.3 is 30.0 Å². The van der Waals surface area contributed by atoms with E-state index in [9.17, 15) is 39.3 Å². The van der Waals surface area contributed by atoms with Crippen LogP contribution in [0.15, 0.2) is 42.2 Å². The Labute approximate surface area is 532 Å². The number of halogens is 4. The Morgan fingerprint density at radius 1 is 0.558 bits per heavy atom. The van der Waals surface area contributed by atoms with Crippen molar-refractivity contribution in [1.29, 1.82) is 0 Å². The minimum absolute atomic E-state index is 0.217. The van der Waals surface area contributed by atoms with Gasteiger partial charge in [0.25, 0.3) is 17.4 Å². The van der Waals surface area contributed by atoms with Crippen molar-refractivity contribution in [3.8, 4) is 46.0 Å². The summed E-state index contributed by atoms with van der Waals surface area (Å²) in [6.07, 6.45) is 2.53. The van der Waals surface area contributed by atoms with Crippen molar-refractivity contribution in [2.75, 3.05) is 81.0 Å². The molecule has 0 aliphatic carbocycles. The van der Waals surface area contributed by atoms with Crippen molar-refractivity contribution >= 4 is 93.7 Å². The first-order chi connectivity index (χ1) is 40.3. The number of piperazine rings is 1. The molecular formula is C59H72Br4N2O21. The number of phenolic OH excluding ortho intramolecular Hbond substituents is 2. The van der Waals surface area contributed by atoms with Gasteiger partial charge in [-0.25, -0.2) is 24.0 Å². The van der Waals surface area contributed by atoms with Crippen LogP contribution in [-0.2, 0) is 33.2 Å². The maximum Gasteiger partial charge on any atom is 0.410 e. The maximum absolute atomic E-state index is 12.3. The number of nitrogens with zero attached hydrogens (tertiary/aromatic N) is 2. The molecule has 0 aromatic heterocycles. The van der Waals surface area contributed by atoms with E-state index in [2.05, 4.69) is 73.4 Å². The van der Waals surface area contributed by atoms with E-state index < -0.39 is 46.8 Å². The molecule has 0 saturated carbocycles. The molecule has 86 heavy (non-hydrogen) atoms. The zero-order chi connectivity index (χ0) is 64.0. The summed E-state index contributed by atoms with van der Waals surface area (Å²) in [7, 11) is 5.27. The maximum atomic E-state index is 12.3. The molecule has 0 radical (unpaired) electrons. The summed E-state index contributed by atoms with van der Waals surface area (Å²) >= 11 is 13.2. The second-order valence-electron chi connectivity index (χ2n) is 21.8. The van der Waals surface area contributed by atoms with E-state index in [4.69, 9.17) is 56.8 Å². The van der Waals surface area contributed by atoms with Gasteiger partial charge in [0, 0.05) is 75.8 Å². The molecule has 2 fully saturated rings. The lowest BCUT2D eigenvalue weighted by Crippen LogP contribution is -2.55. The van der Waals surface area contributed by atoms with Crippen LogP contribution in [0.1, 0.15) is 124 Å². The number of aliphatic hydroxyl groups excluding tert-OH is 1. The summed E-state index contributed by atoms with van der Waals surface area (Å²) in [5.74, 6) is -2.30. The molecule has 5 aliphatic heterocycles. The Morgan fingerprint density at radius 3 is 1.35 bits per heavy atom. The fraction of sp³-hybridized carbons (Fsp3) is 0.508. The molecule has 4 atom stereocenters. The molecule has 5 aliphatic rings. The molecule has 0 spiro atoms. The van der Waals surface area contributed by atoms with E-state index in [1.165, 1.54) is 41.4 Å². The largest absolute Gasteiger partial charge is 0.504 e. The van der Waals surface area contributed by atoms with Crippen molar-refractivity contribution in [3.63, 3.8) is 0 Å². The van der Waals surface area contributed by atoms with E-state index in [1.807, 2.05) is 34.6 Å².